The van der Waals surface area contributed by atoms with Gasteiger partial charge in [0.05, 0.1) is 10.9 Å². The van der Waals surface area contributed by atoms with Crippen molar-refractivity contribution in [1.29, 1.82) is 0 Å². The second-order valence-electron chi connectivity index (χ2n) is 7.28. The Hall–Kier alpha value is -2.15. The third-order valence-corrected chi connectivity index (χ3v) is 6.30. The number of rotatable bonds is 3. The summed E-state index contributed by atoms with van der Waals surface area (Å²) in [7, 11) is 1.93. The van der Waals surface area contributed by atoms with Crippen molar-refractivity contribution in [3.8, 4) is 0 Å². The van der Waals surface area contributed by atoms with Crippen LogP contribution in [0.3, 0.4) is 0 Å². The number of nitrogens with zero attached hydrogens (tertiary/aromatic N) is 3. The Morgan fingerprint density at radius 3 is 2.63 bits per heavy atom. The molecule has 0 N–H and O–H groups in total. The highest BCUT2D eigenvalue weighted by atomic mass is 32.1. The Morgan fingerprint density at radius 2 is 1.93 bits per heavy atom. The number of aryl methyl sites for hydroxylation is 1. The van der Waals surface area contributed by atoms with Crippen molar-refractivity contribution in [3.05, 3.63) is 52.2 Å². The van der Waals surface area contributed by atoms with Gasteiger partial charge in [0.1, 0.15) is 17.0 Å². The van der Waals surface area contributed by atoms with Crippen molar-refractivity contribution >= 4 is 27.4 Å². The quantitative estimate of drug-likeness (QED) is 0.593. The van der Waals surface area contributed by atoms with E-state index in [4.69, 9.17) is 0 Å². The van der Waals surface area contributed by atoms with E-state index >= 15 is 0 Å². The molecular weight excluding hydrogens is 371 g/mol. The van der Waals surface area contributed by atoms with E-state index in [1.165, 1.54) is 22.6 Å². The molecule has 0 saturated carbocycles. The number of thiophene rings is 1. The van der Waals surface area contributed by atoms with E-state index < -0.39 is 11.7 Å². The van der Waals surface area contributed by atoms with Crippen molar-refractivity contribution in [2.75, 3.05) is 11.9 Å². The van der Waals surface area contributed by atoms with Gasteiger partial charge in [-0.2, -0.15) is 13.2 Å². The summed E-state index contributed by atoms with van der Waals surface area (Å²) in [6.45, 7) is 2.77. The fraction of sp³-hybridized carbons (Fsp3) is 0.400. The molecule has 142 valence electrons. The van der Waals surface area contributed by atoms with Gasteiger partial charge in [-0.25, -0.2) is 9.97 Å². The molecule has 0 unspecified atom stereocenters. The summed E-state index contributed by atoms with van der Waals surface area (Å²) < 4.78 is 38.2. The molecule has 0 saturated heterocycles. The smallest absolute Gasteiger partial charge is 0.355 e. The van der Waals surface area contributed by atoms with E-state index in [2.05, 4.69) is 16.9 Å². The lowest BCUT2D eigenvalue weighted by molar-refractivity contribution is -0.137. The van der Waals surface area contributed by atoms with Gasteiger partial charge >= 0.3 is 6.18 Å². The highest BCUT2D eigenvalue weighted by Crippen LogP contribution is 2.40. The van der Waals surface area contributed by atoms with Crippen LogP contribution in [0.5, 0.6) is 0 Å². The van der Waals surface area contributed by atoms with Crippen molar-refractivity contribution < 1.29 is 13.2 Å². The fourth-order valence-corrected chi connectivity index (χ4v) is 5.04. The summed E-state index contributed by atoms with van der Waals surface area (Å²) in [6, 6.07) is 5.32. The molecule has 0 spiro atoms. The van der Waals surface area contributed by atoms with Crippen LogP contribution < -0.4 is 4.90 Å². The van der Waals surface area contributed by atoms with Crippen LogP contribution in [0, 0.1) is 5.92 Å². The molecule has 2 aromatic heterocycles. The maximum atomic E-state index is 12.7. The lowest BCUT2D eigenvalue weighted by atomic mass is 9.89. The first-order chi connectivity index (χ1) is 12.8. The first kappa shape index (κ1) is 18.2. The number of fused-ring (bicyclic) bond motifs is 3. The molecule has 3 nitrogen and oxygen atoms in total. The zero-order valence-electron chi connectivity index (χ0n) is 15.2. The van der Waals surface area contributed by atoms with Crippen molar-refractivity contribution in [2.24, 2.45) is 5.92 Å². The average Bonchev–Trinajstić information content (AvgIpc) is 2.98. The monoisotopic (exact) mass is 391 g/mol. The van der Waals surface area contributed by atoms with E-state index in [0.29, 0.717) is 12.5 Å². The zero-order valence-corrected chi connectivity index (χ0v) is 16.0. The summed E-state index contributed by atoms with van der Waals surface area (Å²) in [5.74, 6) is 1.54. The van der Waals surface area contributed by atoms with Crippen LogP contribution >= 0.6 is 11.3 Å². The summed E-state index contributed by atoms with van der Waals surface area (Å²) in [5, 5.41) is 1.11. The van der Waals surface area contributed by atoms with Crippen LogP contribution in [0.25, 0.3) is 10.2 Å². The zero-order chi connectivity index (χ0) is 19.2. The van der Waals surface area contributed by atoms with Gasteiger partial charge in [-0.1, -0.05) is 19.1 Å². The van der Waals surface area contributed by atoms with Crippen LogP contribution in [0.1, 0.15) is 34.9 Å². The van der Waals surface area contributed by atoms with E-state index in [9.17, 15) is 13.2 Å². The molecule has 4 rings (SSSR count). The van der Waals surface area contributed by atoms with Crippen LogP contribution in [0.2, 0.25) is 0 Å². The summed E-state index contributed by atoms with van der Waals surface area (Å²) in [5.41, 5.74) is 1.54. The minimum atomic E-state index is -4.31. The third kappa shape index (κ3) is 3.52. The highest BCUT2D eigenvalue weighted by molar-refractivity contribution is 7.19. The Bertz CT molecular complexity index is 963. The molecule has 1 atom stereocenters. The van der Waals surface area contributed by atoms with E-state index in [1.807, 2.05) is 11.9 Å². The molecule has 3 aromatic rings. The number of halogens is 3. The van der Waals surface area contributed by atoms with Crippen molar-refractivity contribution in [2.45, 2.75) is 38.9 Å². The van der Waals surface area contributed by atoms with Crippen molar-refractivity contribution in [3.63, 3.8) is 0 Å². The standard InChI is InChI=1S/C20H20F3N3S/c1-12-3-8-15-16(9-12)27-19-17(15)18(24-11-25-19)26(2)10-13-4-6-14(7-5-13)20(21,22)23/h4-7,11-12H,3,8-10H2,1-2H3/t12-/m0/s1. The lowest BCUT2D eigenvalue weighted by Crippen LogP contribution is -2.19. The van der Waals surface area contributed by atoms with Crippen LogP contribution in [-0.2, 0) is 25.6 Å². The Kier molecular flexibility index (Phi) is 4.58. The number of hydrogen-bond donors (Lipinski definition) is 0. The molecule has 0 radical (unpaired) electrons. The molecule has 0 bridgehead atoms. The topological polar surface area (TPSA) is 29.0 Å². The molecule has 0 fully saturated rings. The highest BCUT2D eigenvalue weighted by Gasteiger charge is 2.30. The van der Waals surface area contributed by atoms with E-state index in [-0.39, 0.29) is 0 Å². The summed E-state index contributed by atoms with van der Waals surface area (Å²) in [6.07, 6.45) is 0.543. The van der Waals surface area contributed by atoms with E-state index in [0.717, 1.165) is 53.0 Å². The maximum Gasteiger partial charge on any atom is 0.416 e. The van der Waals surface area contributed by atoms with Gasteiger partial charge < -0.3 is 4.90 Å². The third-order valence-electron chi connectivity index (χ3n) is 5.13. The fourth-order valence-electron chi connectivity index (χ4n) is 3.70. The number of aromatic nitrogens is 2. The van der Waals surface area contributed by atoms with Crippen LogP contribution in [0.15, 0.2) is 30.6 Å². The first-order valence-electron chi connectivity index (χ1n) is 8.95. The number of benzene rings is 1. The number of hydrogen-bond acceptors (Lipinski definition) is 4. The summed E-state index contributed by atoms with van der Waals surface area (Å²) >= 11 is 1.74. The summed E-state index contributed by atoms with van der Waals surface area (Å²) in [4.78, 5) is 13.3. The largest absolute Gasteiger partial charge is 0.416 e. The van der Waals surface area contributed by atoms with Gasteiger partial charge in [0.25, 0.3) is 0 Å². The predicted octanol–water partition coefficient (Wildman–Crippen LogP) is 5.47. The molecule has 1 aliphatic rings. The predicted molar refractivity (Wildman–Crippen MR) is 102 cm³/mol. The Morgan fingerprint density at radius 1 is 1.19 bits per heavy atom. The molecule has 7 heteroatoms. The lowest BCUT2D eigenvalue weighted by Gasteiger charge is -2.22. The molecule has 1 aliphatic carbocycles. The maximum absolute atomic E-state index is 12.7. The van der Waals surface area contributed by atoms with Crippen LogP contribution in [0.4, 0.5) is 19.0 Å². The average molecular weight is 391 g/mol. The van der Waals surface area contributed by atoms with Gasteiger partial charge in [-0.05, 0) is 48.4 Å². The second-order valence-corrected chi connectivity index (χ2v) is 8.36. The Labute approximate surface area is 159 Å². The van der Waals surface area contributed by atoms with E-state index in [1.54, 1.807) is 17.7 Å². The minimum absolute atomic E-state index is 0.491. The van der Waals surface area contributed by atoms with Gasteiger partial charge in [0, 0.05) is 18.5 Å². The molecule has 0 amide bonds. The second kappa shape index (κ2) is 6.78. The molecule has 2 heterocycles. The molecule has 27 heavy (non-hydrogen) atoms. The Balaban J connectivity index is 1.64. The minimum Gasteiger partial charge on any atom is -0.355 e. The van der Waals surface area contributed by atoms with Gasteiger partial charge in [-0.3, -0.25) is 0 Å². The first-order valence-corrected chi connectivity index (χ1v) is 9.77. The van der Waals surface area contributed by atoms with Crippen LogP contribution in [-0.4, -0.2) is 17.0 Å². The molecular formula is C20H20F3N3S. The van der Waals surface area contributed by atoms with Crippen molar-refractivity contribution in [1.82, 2.24) is 9.97 Å². The van der Waals surface area contributed by atoms with Gasteiger partial charge in [0.15, 0.2) is 0 Å². The van der Waals surface area contributed by atoms with Gasteiger partial charge in [-0.15, -0.1) is 11.3 Å². The number of anilines is 1. The number of alkyl halides is 3. The SMILES string of the molecule is C[C@H]1CCc2c(sc3ncnc(N(C)Cc4ccc(C(F)(F)F)cc4)c23)C1. The van der Waals surface area contributed by atoms with Gasteiger partial charge in [0.2, 0.25) is 0 Å². The molecule has 1 aromatic carbocycles. The normalized spacial score (nSPS) is 17.1. The molecule has 0 aliphatic heterocycles.